The third kappa shape index (κ3) is 2.98. The Morgan fingerprint density at radius 2 is 1.88 bits per heavy atom. The normalized spacial score (nSPS) is 17.0. The predicted octanol–water partition coefficient (Wildman–Crippen LogP) is 4.16. The van der Waals surface area contributed by atoms with E-state index in [1.54, 1.807) is 23.8 Å². The van der Waals surface area contributed by atoms with Gasteiger partial charge in [-0.2, -0.15) is 0 Å². The number of halogens is 1. The summed E-state index contributed by atoms with van der Waals surface area (Å²) in [6.07, 6.45) is 3.61. The van der Waals surface area contributed by atoms with Crippen LogP contribution in [0.25, 0.3) is 5.69 Å². The Morgan fingerprint density at radius 3 is 2.64 bits per heavy atom. The van der Waals surface area contributed by atoms with Gasteiger partial charge in [-0.05, 0) is 42.5 Å². The van der Waals surface area contributed by atoms with Crippen molar-refractivity contribution in [2.24, 2.45) is 0 Å². The molecule has 1 aromatic heterocycles. The molecule has 1 aliphatic heterocycles. The van der Waals surface area contributed by atoms with Gasteiger partial charge in [0, 0.05) is 30.2 Å². The topological polar surface area (TPSA) is 26.6 Å². The summed E-state index contributed by atoms with van der Waals surface area (Å²) in [5.74, 6) is 0.579. The molecule has 1 unspecified atom stereocenters. The number of anilines is 1. The van der Waals surface area contributed by atoms with Crippen molar-refractivity contribution in [2.75, 3.05) is 25.2 Å². The third-order valence-electron chi connectivity index (χ3n) is 4.43. The molecule has 0 spiro atoms. The standard InChI is InChI=1S/C20H19FN2O2/c1-24-17-8-6-16(7-9-17)23-12-13-25-20(23)15-10-11-22(14-15)19-5-3-2-4-18(19)21/h2-11,14,20H,12-13H2,1H3. The van der Waals surface area contributed by atoms with Gasteiger partial charge < -0.3 is 18.9 Å². The fourth-order valence-corrected chi connectivity index (χ4v) is 3.15. The van der Waals surface area contributed by atoms with E-state index in [1.165, 1.54) is 6.07 Å². The molecule has 2 aromatic carbocycles. The van der Waals surface area contributed by atoms with E-state index in [2.05, 4.69) is 4.90 Å². The van der Waals surface area contributed by atoms with Gasteiger partial charge in [-0.15, -0.1) is 0 Å². The third-order valence-corrected chi connectivity index (χ3v) is 4.43. The van der Waals surface area contributed by atoms with Crippen LogP contribution in [0.1, 0.15) is 11.8 Å². The second kappa shape index (κ2) is 6.61. The van der Waals surface area contributed by atoms with E-state index in [0.29, 0.717) is 12.3 Å². The number of rotatable bonds is 4. The number of hydrogen-bond acceptors (Lipinski definition) is 3. The Morgan fingerprint density at radius 1 is 1.08 bits per heavy atom. The van der Waals surface area contributed by atoms with Crippen molar-refractivity contribution >= 4 is 5.69 Å². The quantitative estimate of drug-likeness (QED) is 0.715. The van der Waals surface area contributed by atoms with Gasteiger partial charge in [-0.1, -0.05) is 12.1 Å². The van der Waals surface area contributed by atoms with Gasteiger partial charge in [0.15, 0.2) is 6.23 Å². The highest BCUT2D eigenvalue weighted by molar-refractivity contribution is 5.51. The molecule has 0 aliphatic carbocycles. The first-order valence-electron chi connectivity index (χ1n) is 8.21. The monoisotopic (exact) mass is 338 g/mol. The molecule has 0 radical (unpaired) electrons. The second-order valence-corrected chi connectivity index (χ2v) is 5.92. The molecule has 0 N–H and O–H groups in total. The van der Waals surface area contributed by atoms with Gasteiger partial charge in [0.2, 0.25) is 0 Å². The molecule has 2 heterocycles. The predicted molar refractivity (Wildman–Crippen MR) is 94.8 cm³/mol. The molecule has 0 bridgehead atoms. The Bertz CT molecular complexity index is 860. The highest BCUT2D eigenvalue weighted by atomic mass is 19.1. The minimum Gasteiger partial charge on any atom is -0.497 e. The molecule has 4 rings (SSSR count). The molecule has 0 saturated carbocycles. The summed E-state index contributed by atoms with van der Waals surface area (Å²) < 4.78 is 26.9. The van der Waals surface area contributed by atoms with Crippen molar-refractivity contribution in [3.05, 3.63) is 78.4 Å². The van der Waals surface area contributed by atoms with Crippen LogP contribution in [-0.2, 0) is 4.74 Å². The summed E-state index contributed by atoms with van der Waals surface area (Å²) in [7, 11) is 1.65. The van der Waals surface area contributed by atoms with Crippen LogP contribution in [0.3, 0.4) is 0 Å². The first-order valence-corrected chi connectivity index (χ1v) is 8.21. The minimum absolute atomic E-state index is 0.179. The van der Waals surface area contributed by atoms with Gasteiger partial charge >= 0.3 is 0 Å². The van der Waals surface area contributed by atoms with Crippen LogP contribution < -0.4 is 9.64 Å². The zero-order valence-electron chi connectivity index (χ0n) is 13.9. The molecular weight excluding hydrogens is 319 g/mol. The summed E-state index contributed by atoms with van der Waals surface area (Å²) in [5, 5.41) is 0. The number of aromatic nitrogens is 1. The number of benzene rings is 2. The van der Waals surface area contributed by atoms with E-state index in [1.807, 2.05) is 48.8 Å². The first kappa shape index (κ1) is 15.7. The van der Waals surface area contributed by atoms with Gasteiger partial charge in [0.05, 0.1) is 19.4 Å². The van der Waals surface area contributed by atoms with Crippen LogP contribution in [-0.4, -0.2) is 24.8 Å². The van der Waals surface area contributed by atoms with Crippen molar-refractivity contribution in [3.63, 3.8) is 0 Å². The van der Waals surface area contributed by atoms with Crippen molar-refractivity contribution in [1.29, 1.82) is 0 Å². The minimum atomic E-state index is -0.246. The highest BCUT2D eigenvalue weighted by Crippen LogP contribution is 2.33. The molecule has 25 heavy (non-hydrogen) atoms. The zero-order chi connectivity index (χ0) is 17.2. The van der Waals surface area contributed by atoms with Crippen LogP contribution in [0.15, 0.2) is 67.0 Å². The van der Waals surface area contributed by atoms with Gasteiger partial charge in [0.25, 0.3) is 0 Å². The van der Waals surface area contributed by atoms with Crippen LogP contribution in [0.2, 0.25) is 0 Å². The maximum absolute atomic E-state index is 14.0. The van der Waals surface area contributed by atoms with E-state index < -0.39 is 0 Å². The Hall–Kier alpha value is -2.79. The molecule has 1 atom stereocenters. The average Bonchev–Trinajstić information content (AvgIpc) is 3.31. The van der Waals surface area contributed by atoms with E-state index in [0.717, 1.165) is 23.5 Å². The van der Waals surface area contributed by atoms with E-state index >= 15 is 0 Å². The smallest absolute Gasteiger partial charge is 0.158 e. The van der Waals surface area contributed by atoms with E-state index in [4.69, 9.17) is 9.47 Å². The summed E-state index contributed by atoms with van der Waals surface area (Å²) in [6.45, 7) is 1.46. The summed E-state index contributed by atoms with van der Waals surface area (Å²) >= 11 is 0. The average molecular weight is 338 g/mol. The molecular formula is C20H19FN2O2. The fraction of sp³-hybridized carbons (Fsp3) is 0.200. The van der Waals surface area contributed by atoms with Crippen molar-refractivity contribution in [1.82, 2.24) is 4.57 Å². The van der Waals surface area contributed by atoms with Gasteiger partial charge in [-0.3, -0.25) is 0 Å². The lowest BCUT2D eigenvalue weighted by Gasteiger charge is -2.24. The van der Waals surface area contributed by atoms with Crippen LogP contribution in [0.4, 0.5) is 10.1 Å². The van der Waals surface area contributed by atoms with Crippen LogP contribution in [0.5, 0.6) is 5.75 Å². The zero-order valence-corrected chi connectivity index (χ0v) is 13.9. The van der Waals surface area contributed by atoms with Crippen molar-refractivity contribution in [2.45, 2.75) is 6.23 Å². The largest absolute Gasteiger partial charge is 0.497 e. The summed E-state index contributed by atoms with van der Waals surface area (Å²) in [6, 6.07) is 16.6. The maximum atomic E-state index is 14.0. The number of nitrogens with zero attached hydrogens (tertiary/aromatic N) is 2. The number of methoxy groups -OCH3 is 1. The Kier molecular flexibility index (Phi) is 4.15. The first-order chi connectivity index (χ1) is 12.3. The fourth-order valence-electron chi connectivity index (χ4n) is 3.15. The lowest BCUT2D eigenvalue weighted by Crippen LogP contribution is -2.22. The number of ether oxygens (including phenoxy) is 2. The summed E-state index contributed by atoms with van der Waals surface area (Å²) in [5.41, 5.74) is 2.60. The molecule has 3 aromatic rings. The highest BCUT2D eigenvalue weighted by Gasteiger charge is 2.28. The molecule has 1 aliphatic rings. The molecule has 1 fully saturated rings. The lowest BCUT2D eigenvalue weighted by molar-refractivity contribution is 0.114. The van der Waals surface area contributed by atoms with Crippen molar-refractivity contribution < 1.29 is 13.9 Å². The maximum Gasteiger partial charge on any atom is 0.158 e. The lowest BCUT2D eigenvalue weighted by atomic mass is 10.2. The molecule has 128 valence electrons. The molecule has 4 nitrogen and oxygen atoms in total. The Labute approximate surface area is 146 Å². The van der Waals surface area contributed by atoms with Crippen LogP contribution in [0, 0.1) is 5.82 Å². The number of para-hydroxylation sites is 1. The van der Waals surface area contributed by atoms with Gasteiger partial charge in [0.1, 0.15) is 11.6 Å². The van der Waals surface area contributed by atoms with Gasteiger partial charge in [-0.25, -0.2) is 4.39 Å². The Balaban J connectivity index is 1.61. The van der Waals surface area contributed by atoms with E-state index in [9.17, 15) is 4.39 Å². The van der Waals surface area contributed by atoms with E-state index in [-0.39, 0.29) is 12.0 Å². The molecule has 0 amide bonds. The second-order valence-electron chi connectivity index (χ2n) is 5.92. The number of hydrogen-bond donors (Lipinski definition) is 0. The van der Waals surface area contributed by atoms with Crippen LogP contribution >= 0.6 is 0 Å². The summed E-state index contributed by atoms with van der Waals surface area (Å²) in [4.78, 5) is 2.19. The molecule has 1 saturated heterocycles. The van der Waals surface area contributed by atoms with Crippen molar-refractivity contribution in [3.8, 4) is 11.4 Å². The SMILES string of the molecule is COc1ccc(N2CCOC2c2ccn(-c3ccccc3F)c2)cc1. The molecule has 5 heteroatoms.